The highest BCUT2D eigenvalue weighted by molar-refractivity contribution is 6.10. The predicted molar refractivity (Wildman–Crippen MR) is 90.0 cm³/mol. The number of hydrogen-bond acceptors (Lipinski definition) is 6. The molecule has 1 N–H and O–H groups in total. The number of hydrogen-bond donors (Lipinski definition) is 1. The topological polar surface area (TPSA) is 91.6 Å². The second-order valence-corrected chi connectivity index (χ2v) is 6.35. The largest absolute Gasteiger partial charge is 0.340 e. The van der Waals surface area contributed by atoms with Gasteiger partial charge in [-0.25, -0.2) is 0 Å². The molecule has 4 rings (SSSR count). The van der Waals surface area contributed by atoms with Gasteiger partial charge in [-0.1, -0.05) is 17.3 Å². The van der Waals surface area contributed by atoms with Crippen LogP contribution in [0.5, 0.6) is 0 Å². The summed E-state index contributed by atoms with van der Waals surface area (Å²) in [6, 6.07) is 7.32. The van der Waals surface area contributed by atoms with Crippen molar-refractivity contribution in [1.82, 2.24) is 15.0 Å². The Labute approximate surface area is 144 Å². The van der Waals surface area contributed by atoms with Crippen molar-refractivity contribution in [2.24, 2.45) is 0 Å². The molecule has 1 aromatic heterocycles. The van der Waals surface area contributed by atoms with E-state index in [1.54, 1.807) is 17.9 Å². The van der Waals surface area contributed by atoms with Gasteiger partial charge in [0.25, 0.3) is 0 Å². The number of likely N-dealkylation sites (tertiary alicyclic amines) is 1. The Morgan fingerprint density at radius 3 is 3.04 bits per heavy atom. The van der Waals surface area contributed by atoms with Crippen LogP contribution in [0.2, 0.25) is 0 Å². The number of para-hydroxylation sites is 2. The van der Waals surface area contributed by atoms with E-state index in [1.165, 1.54) is 0 Å². The summed E-state index contributed by atoms with van der Waals surface area (Å²) in [4.78, 5) is 32.7. The molecule has 2 amide bonds. The number of benzene rings is 1. The van der Waals surface area contributed by atoms with Crippen LogP contribution in [0.3, 0.4) is 0 Å². The minimum absolute atomic E-state index is 0.0183. The lowest BCUT2D eigenvalue weighted by Gasteiger charge is -2.31. The number of aromatic nitrogens is 2. The van der Waals surface area contributed by atoms with Gasteiger partial charge in [0.1, 0.15) is 6.54 Å². The molecule has 0 bridgehead atoms. The summed E-state index contributed by atoms with van der Waals surface area (Å²) in [5, 5.41) is 6.80. The fourth-order valence-electron chi connectivity index (χ4n) is 3.47. The number of nitrogens with one attached hydrogen (secondary N) is 1. The SMILES string of the molecule is Cc1nc([C@@H]2CCCN2CC(=O)N2CC(=O)Nc3ccccc32)no1. The summed E-state index contributed by atoms with van der Waals surface area (Å²) in [5.41, 5.74) is 1.40. The molecule has 2 aliphatic rings. The number of fused-ring (bicyclic) bond motifs is 1. The Hall–Kier alpha value is -2.74. The van der Waals surface area contributed by atoms with Crippen molar-refractivity contribution in [1.29, 1.82) is 0 Å². The van der Waals surface area contributed by atoms with Crippen molar-refractivity contribution in [3.05, 3.63) is 36.0 Å². The van der Waals surface area contributed by atoms with Crippen molar-refractivity contribution >= 4 is 23.2 Å². The Kier molecular flexibility index (Phi) is 3.96. The molecule has 3 heterocycles. The van der Waals surface area contributed by atoms with Crippen LogP contribution in [0.1, 0.15) is 30.6 Å². The quantitative estimate of drug-likeness (QED) is 0.910. The number of carbonyl (C=O) groups excluding carboxylic acids is 2. The van der Waals surface area contributed by atoms with Crippen LogP contribution < -0.4 is 10.2 Å². The van der Waals surface area contributed by atoms with Crippen LogP contribution >= 0.6 is 0 Å². The van der Waals surface area contributed by atoms with E-state index in [-0.39, 0.29) is 30.9 Å². The van der Waals surface area contributed by atoms with Gasteiger partial charge in [0.05, 0.1) is 24.0 Å². The number of carbonyl (C=O) groups is 2. The molecule has 25 heavy (non-hydrogen) atoms. The third-order valence-electron chi connectivity index (χ3n) is 4.62. The molecule has 0 aliphatic carbocycles. The minimum Gasteiger partial charge on any atom is -0.340 e. The normalized spacial score (nSPS) is 20.4. The van der Waals surface area contributed by atoms with E-state index in [2.05, 4.69) is 20.4 Å². The molecule has 130 valence electrons. The summed E-state index contributed by atoms with van der Waals surface area (Å²) in [5.74, 6) is 0.864. The van der Waals surface area contributed by atoms with Gasteiger partial charge in [-0.15, -0.1) is 0 Å². The summed E-state index contributed by atoms with van der Waals surface area (Å²) < 4.78 is 5.07. The van der Waals surface area contributed by atoms with Gasteiger partial charge in [0.15, 0.2) is 5.82 Å². The van der Waals surface area contributed by atoms with Crippen LogP contribution in [0.15, 0.2) is 28.8 Å². The molecule has 0 unspecified atom stereocenters. The van der Waals surface area contributed by atoms with Crippen LogP contribution in [0.25, 0.3) is 0 Å². The van der Waals surface area contributed by atoms with Crippen molar-refractivity contribution in [3.8, 4) is 0 Å². The highest BCUT2D eigenvalue weighted by atomic mass is 16.5. The maximum absolute atomic E-state index is 12.9. The smallest absolute Gasteiger partial charge is 0.244 e. The highest BCUT2D eigenvalue weighted by Gasteiger charge is 2.34. The van der Waals surface area contributed by atoms with Gasteiger partial charge in [-0.3, -0.25) is 19.4 Å². The zero-order valence-corrected chi connectivity index (χ0v) is 13.9. The van der Waals surface area contributed by atoms with E-state index in [0.717, 1.165) is 25.1 Å². The van der Waals surface area contributed by atoms with E-state index in [1.807, 2.05) is 18.2 Å². The molecule has 8 nitrogen and oxygen atoms in total. The van der Waals surface area contributed by atoms with E-state index in [4.69, 9.17) is 4.52 Å². The lowest BCUT2D eigenvalue weighted by atomic mass is 10.2. The van der Waals surface area contributed by atoms with Gasteiger partial charge in [-0.05, 0) is 31.5 Å². The second-order valence-electron chi connectivity index (χ2n) is 6.35. The first-order chi connectivity index (χ1) is 12.1. The number of rotatable bonds is 3. The summed E-state index contributed by atoms with van der Waals surface area (Å²) in [6.45, 7) is 2.81. The monoisotopic (exact) mass is 341 g/mol. The van der Waals surface area contributed by atoms with Crippen LogP contribution in [-0.4, -0.2) is 46.5 Å². The molecule has 1 aromatic carbocycles. The number of nitrogens with zero attached hydrogens (tertiary/aromatic N) is 4. The standard InChI is InChI=1S/C17H19N5O3/c1-11-18-17(20-25-11)14-7-4-8-21(14)10-16(24)22-9-15(23)19-12-5-2-3-6-13(12)22/h2-3,5-6,14H,4,7-10H2,1H3,(H,19,23)/t14-/m0/s1. The summed E-state index contributed by atoms with van der Waals surface area (Å²) >= 11 is 0. The van der Waals surface area contributed by atoms with Crippen LogP contribution in [-0.2, 0) is 9.59 Å². The lowest BCUT2D eigenvalue weighted by Crippen LogP contribution is -2.46. The third kappa shape index (κ3) is 3.00. The molecule has 2 aliphatic heterocycles. The second kappa shape index (κ2) is 6.29. The molecular weight excluding hydrogens is 322 g/mol. The molecule has 1 saturated heterocycles. The molecule has 8 heteroatoms. The molecule has 0 spiro atoms. The van der Waals surface area contributed by atoms with E-state index in [0.29, 0.717) is 17.4 Å². The van der Waals surface area contributed by atoms with Gasteiger partial charge >= 0.3 is 0 Å². The van der Waals surface area contributed by atoms with Gasteiger partial charge in [0, 0.05) is 6.92 Å². The van der Waals surface area contributed by atoms with E-state index < -0.39 is 0 Å². The van der Waals surface area contributed by atoms with E-state index in [9.17, 15) is 9.59 Å². The van der Waals surface area contributed by atoms with Crippen LogP contribution in [0.4, 0.5) is 11.4 Å². The van der Waals surface area contributed by atoms with Gasteiger partial charge in [-0.2, -0.15) is 4.98 Å². The van der Waals surface area contributed by atoms with Crippen molar-refractivity contribution in [2.45, 2.75) is 25.8 Å². The third-order valence-corrected chi connectivity index (χ3v) is 4.62. The molecule has 0 saturated carbocycles. The number of anilines is 2. The first-order valence-corrected chi connectivity index (χ1v) is 8.35. The first kappa shape index (κ1) is 15.8. The van der Waals surface area contributed by atoms with Gasteiger partial charge < -0.3 is 9.84 Å². The molecular formula is C17H19N5O3. The average Bonchev–Trinajstić information content (AvgIpc) is 3.22. The van der Waals surface area contributed by atoms with Crippen molar-refractivity contribution < 1.29 is 14.1 Å². The lowest BCUT2D eigenvalue weighted by molar-refractivity contribution is -0.122. The Balaban J connectivity index is 1.53. The minimum atomic E-state index is -0.182. The summed E-state index contributed by atoms with van der Waals surface area (Å²) in [6.07, 6.45) is 1.87. The summed E-state index contributed by atoms with van der Waals surface area (Å²) in [7, 11) is 0. The molecule has 1 fully saturated rings. The predicted octanol–water partition coefficient (Wildman–Crippen LogP) is 1.50. The Morgan fingerprint density at radius 1 is 1.40 bits per heavy atom. The van der Waals surface area contributed by atoms with Crippen molar-refractivity contribution in [3.63, 3.8) is 0 Å². The average molecular weight is 341 g/mol. The Morgan fingerprint density at radius 2 is 2.24 bits per heavy atom. The molecule has 0 radical (unpaired) electrons. The first-order valence-electron chi connectivity index (χ1n) is 8.35. The fraction of sp³-hybridized carbons (Fsp3) is 0.412. The molecule has 1 atom stereocenters. The van der Waals surface area contributed by atoms with Gasteiger partial charge in [0.2, 0.25) is 17.7 Å². The van der Waals surface area contributed by atoms with E-state index >= 15 is 0 Å². The maximum Gasteiger partial charge on any atom is 0.244 e. The fourth-order valence-corrected chi connectivity index (χ4v) is 3.47. The number of amides is 2. The zero-order valence-electron chi connectivity index (χ0n) is 13.9. The maximum atomic E-state index is 12.9. The van der Waals surface area contributed by atoms with Crippen LogP contribution in [0, 0.1) is 6.92 Å². The highest BCUT2D eigenvalue weighted by Crippen LogP contribution is 2.32. The zero-order chi connectivity index (χ0) is 17.4. The number of aryl methyl sites for hydroxylation is 1. The Bertz CT molecular complexity index is 818. The van der Waals surface area contributed by atoms with Crippen molar-refractivity contribution in [2.75, 3.05) is 29.9 Å². The molecule has 2 aromatic rings.